The topological polar surface area (TPSA) is 76.7 Å². The lowest BCUT2D eigenvalue weighted by atomic mass is 9.93. The summed E-state index contributed by atoms with van der Waals surface area (Å²) in [5.41, 5.74) is -0.550. The number of rotatable bonds is 3. The maximum Gasteiger partial charge on any atom is 0.407 e. The largest absolute Gasteiger partial charge is 0.466 e. The van der Waals surface area contributed by atoms with Gasteiger partial charge in [-0.2, -0.15) is 0 Å². The summed E-state index contributed by atoms with van der Waals surface area (Å²) < 4.78 is 10.2. The highest BCUT2D eigenvalue weighted by atomic mass is 16.6. The zero-order valence-corrected chi connectivity index (χ0v) is 12.1. The van der Waals surface area contributed by atoms with Crippen molar-refractivity contribution in [1.29, 1.82) is 0 Å². The Balaban J connectivity index is 2.57. The van der Waals surface area contributed by atoms with Gasteiger partial charge in [-0.05, 0) is 40.7 Å². The molecule has 1 rings (SSSR count). The summed E-state index contributed by atoms with van der Waals surface area (Å²) in [5, 5.41) is 5.89. The van der Waals surface area contributed by atoms with E-state index >= 15 is 0 Å². The van der Waals surface area contributed by atoms with E-state index in [1.54, 1.807) is 27.7 Å². The second kappa shape index (κ2) is 6.75. The van der Waals surface area contributed by atoms with Crippen molar-refractivity contribution < 1.29 is 19.1 Å². The monoisotopic (exact) mass is 272 g/mol. The van der Waals surface area contributed by atoms with Gasteiger partial charge in [0.1, 0.15) is 5.60 Å². The van der Waals surface area contributed by atoms with Gasteiger partial charge < -0.3 is 20.1 Å². The molecule has 0 bridgehead atoms. The molecule has 2 N–H and O–H groups in total. The second-order valence-corrected chi connectivity index (χ2v) is 5.60. The molecule has 6 nitrogen and oxygen atoms in total. The Labute approximate surface area is 114 Å². The van der Waals surface area contributed by atoms with Gasteiger partial charge in [-0.15, -0.1) is 0 Å². The van der Waals surface area contributed by atoms with Crippen LogP contribution in [-0.2, 0) is 14.3 Å². The normalized spacial score (nSPS) is 23.6. The van der Waals surface area contributed by atoms with Crippen LogP contribution in [0.25, 0.3) is 0 Å². The van der Waals surface area contributed by atoms with Gasteiger partial charge in [0.15, 0.2) is 0 Å². The Kier molecular flexibility index (Phi) is 5.60. The van der Waals surface area contributed by atoms with Gasteiger partial charge >= 0.3 is 12.1 Å². The molecule has 0 aromatic heterocycles. The number of hydrogen-bond donors (Lipinski definition) is 2. The second-order valence-electron chi connectivity index (χ2n) is 5.60. The molecular formula is C13H24N2O4. The van der Waals surface area contributed by atoms with E-state index in [0.717, 1.165) is 6.54 Å². The first-order valence-corrected chi connectivity index (χ1v) is 6.70. The predicted octanol–water partition coefficient (Wildman–Crippen LogP) is 1.05. The van der Waals surface area contributed by atoms with Crippen molar-refractivity contribution in [3.8, 4) is 0 Å². The molecule has 1 fully saturated rings. The van der Waals surface area contributed by atoms with E-state index in [2.05, 4.69) is 10.6 Å². The molecule has 1 saturated heterocycles. The number of alkyl carbamates (subject to hydrolysis) is 1. The number of esters is 1. The van der Waals surface area contributed by atoms with Crippen molar-refractivity contribution in [2.75, 3.05) is 19.7 Å². The van der Waals surface area contributed by atoms with Gasteiger partial charge in [0.25, 0.3) is 0 Å². The minimum absolute atomic E-state index is 0.259. The zero-order chi connectivity index (χ0) is 14.5. The van der Waals surface area contributed by atoms with Gasteiger partial charge in [-0.25, -0.2) is 4.79 Å². The lowest BCUT2D eigenvalue weighted by Crippen LogP contribution is -2.54. The molecule has 0 aliphatic carbocycles. The first kappa shape index (κ1) is 15.8. The van der Waals surface area contributed by atoms with Crippen LogP contribution < -0.4 is 10.6 Å². The lowest BCUT2D eigenvalue weighted by Gasteiger charge is -2.31. The van der Waals surface area contributed by atoms with Crippen LogP contribution in [0.3, 0.4) is 0 Å². The third-order valence-corrected chi connectivity index (χ3v) is 2.77. The van der Waals surface area contributed by atoms with Crippen molar-refractivity contribution in [3.63, 3.8) is 0 Å². The van der Waals surface area contributed by atoms with E-state index in [-0.39, 0.29) is 17.9 Å². The van der Waals surface area contributed by atoms with E-state index in [4.69, 9.17) is 9.47 Å². The van der Waals surface area contributed by atoms with Gasteiger partial charge in [0.05, 0.1) is 18.6 Å². The third kappa shape index (κ3) is 5.46. The molecule has 6 heteroatoms. The average Bonchev–Trinajstić information content (AvgIpc) is 2.27. The Morgan fingerprint density at radius 1 is 1.37 bits per heavy atom. The highest BCUT2D eigenvalue weighted by Crippen LogP contribution is 2.16. The van der Waals surface area contributed by atoms with Crippen LogP contribution in [0.15, 0.2) is 0 Å². The summed E-state index contributed by atoms with van der Waals surface area (Å²) in [6.07, 6.45) is 0.148. The molecular weight excluding hydrogens is 248 g/mol. The molecule has 1 amide bonds. The van der Waals surface area contributed by atoms with Crippen molar-refractivity contribution in [2.24, 2.45) is 5.92 Å². The molecule has 2 atom stereocenters. The maximum atomic E-state index is 11.8. The minimum atomic E-state index is -0.550. The highest BCUT2D eigenvalue weighted by Gasteiger charge is 2.34. The fourth-order valence-corrected chi connectivity index (χ4v) is 2.00. The van der Waals surface area contributed by atoms with E-state index in [9.17, 15) is 9.59 Å². The van der Waals surface area contributed by atoms with E-state index in [1.807, 2.05) is 0 Å². The van der Waals surface area contributed by atoms with Gasteiger partial charge in [0.2, 0.25) is 0 Å². The summed E-state index contributed by atoms with van der Waals surface area (Å²) in [7, 11) is 0. The first-order valence-electron chi connectivity index (χ1n) is 6.70. The molecule has 0 radical (unpaired) electrons. The van der Waals surface area contributed by atoms with Crippen LogP contribution in [0.4, 0.5) is 4.79 Å². The van der Waals surface area contributed by atoms with E-state index < -0.39 is 11.7 Å². The molecule has 0 saturated carbocycles. The minimum Gasteiger partial charge on any atom is -0.466 e. The lowest BCUT2D eigenvalue weighted by molar-refractivity contribution is -0.149. The van der Waals surface area contributed by atoms with Gasteiger partial charge in [-0.3, -0.25) is 4.79 Å². The van der Waals surface area contributed by atoms with Gasteiger partial charge in [-0.1, -0.05) is 0 Å². The number of piperidine rings is 1. The average molecular weight is 272 g/mol. The zero-order valence-electron chi connectivity index (χ0n) is 12.1. The number of carbonyl (C=O) groups is 2. The Morgan fingerprint density at radius 3 is 2.63 bits per heavy atom. The predicted molar refractivity (Wildman–Crippen MR) is 70.8 cm³/mol. The number of ether oxygens (including phenoxy) is 2. The number of hydrogen-bond acceptors (Lipinski definition) is 5. The van der Waals surface area contributed by atoms with Crippen molar-refractivity contribution in [3.05, 3.63) is 0 Å². The van der Waals surface area contributed by atoms with E-state index in [0.29, 0.717) is 19.6 Å². The molecule has 1 aliphatic rings. The molecule has 2 unspecified atom stereocenters. The maximum absolute atomic E-state index is 11.8. The van der Waals surface area contributed by atoms with Gasteiger partial charge in [0, 0.05) is 6.54 Å². The summed E-state index contributed by atoms with van der Waals surface area (Å²) in [5.74, 6) is -0.571. The molecule has 1 aliphatic heterocycles. The molecule has 110 valence electrons. The summed E-state index contributed by atoms with van der Waals surface area (Å²) in [4.78, 5) is 23.6. The molecule has 0 aromatic rings. The molecule has 0 spiro atoms. The Bertz CT molecular complexity index is 325. The number of amides is 1. The van der Waals surface area contributed by atoms with Crippen LogP contribution in [0.2, 0.25) is 0 Å². The smallest absolute Gasteiger partial charge is 0.407 e. The van der Waals surface area contributed by atoms with Crippen LogP contribution in [-0.4, -0.2) is 43.4 Å². The fraction of sp³-hybridized carbons (Fsp3) is 0.846. The van der Waals surface area contributed by atoms with Crippen LogP contribution >= 0.6 is 0 Å². The summed E-state index contributed by atoms with van der Waals surface area (Å²) in [6, 6.07) is -0.289. The summed E-state index contributed by atoms with van der Waals surface area (Å²) in [6.45, 7) is 8.81. The van der Waals surface area contributed by atoms with Crippen LogP contribution in [0.5, 0.6) is 0 Å². The molecule has 0 aromatic carbocycles. The SMILES string of the molecule is CCOC(=O)C1CCNCC1NC(=O)OC(C)(C)C. The van der Waals surface area contributed by atoms with Crippen LogP contribution in [0, 0.1) is 5.92 Å². The van der Waals surface area contributed by atoms with Crippen LogP contribution in [0.1, 0.15) is 34.1 Å². The van der Waals surface area contributed by atoms with Crippen molar-refractivity contribution in [2.45, 2.75) is 45.8 Å². The quantitative estimate of drug-likeness (QED) is 0.751. The Morgan fingerprint density at radius 2 is 2.05 bits per heavy atom. The fourth-order valence-electron chi connectivity index (χ4n) is 2.00. The first-order chi connectivity index (χ1) is 8.83. The third-order valence-electron chi connectivity index (χ3n) is 2.77. The molecule has 1 heterocycles. The summed E-state index contributed by atoms with van der Waals surface area (Å²) >= 11 is 0. The molecule has 19 heavy (non-hydrogen) atoms. The van der Waals surface area contributed by atoms with E-state index in [1.165, 1.54) is 0 Å². The Hall–Kier alpha value is -1.30. The number of carbonyl (C=O) groups excluding carboxylic acids is 2. The standard InChI is InChI=1S/C13H24N2O4/c1-5-18-11(16)9-6-7-14-8-10(9)15-12(17)19-13(2,3)4/h9-10,14H,5-8H2,1-4H3,(H,15,17). The highest BCUT2D eigenvalue weighted by molar-refractivity contribution is 5.75. The number of nitrogens with one attached hydrogen (secondary N) is 2. The van der Waals surface area contributed by atoms with Crippen molar-refractivity contribution in [1.82, 2.24) is 10.6 Å². The van der Waals surface area contributed by atoms with Crippen molar-refractivity contribution >= 4 is 12.1 Å².